The summed E-state index contributed by atoms with van der Waals surface area (Å²) in [6, 6.07) is 18.8. The molecule has 34 heavy (non-hydrogen) atoms. The van der Waals surface area contributed by atoms with Crippen LogP contribution in [0.3, 0.4) is 0 Å². The highest BCUT2D eigenvalue weighted by Gasteiger charge is 2.15. The molecule has 3 N–H and O–H groups in total. The van der Waals surface area contributed by atoms with Crippen LogP contribution in [0.2, 0.25) is 0 Å². The summed E-state index contributed by atoms with van der Waals surface area (Å²) in [6.45, 7) is 0. The second-order valence-electron chi connectivity index (χ2n) is 7.28. The number of pyridine rings is 1. The van der Waals surface area contributed by atoms with Gasteiger partial charge in [-0.15, -0.1) is 0 Å². The molecular weight excluding hydrogens is 456 g/mol. The predicted octanol–water partition coefficient (Wildman–Crippen LogP) is 5.05. The molecule has 0 atom stereocenters. The molecule has 0 aliphatic heterocycles. The first-order valence-corrected chi connectivity index (χ1v) is 12.1. The highest BCUT2D eigenvalue weighted by atomic mass is 32.2. The summed E-state index contributed by atoms with van der Waals surface area (Å²) in [7, 11) is -2.14. The van der Waals surface area contributed by atoms with Crippen LogP contribution in [0.4, 0.5) is 21.9 Å². The monoisotopic (exact) mass is 478 g/mol. The van der Waals surface area contributed by atoms with E-state index in [2.05, 4.69) is 20.3 Å². The highest BCUT2D eigenvalue weighted by molar-refractivity contribution is 7.92. The molecular formula is C24H22N4O5S. The van der Waals surface area contributed by atoms with E-state index < -0.39 is 16.1 Å². The Balaban J connectivity index is 1.59. The maximum absolute atomic E-state index is 12.8. The van der Waals surface area contributed by atoms with Crippen LogP contribution in [0, 0.1) is 0 Å². The fourth-order valence-electron chi connectivity index (χ4n) is 3.41. The number of methoxy groups -OCH3 is 1. The fraction of sp³-hybridized carbons (Fsp3) is 0.0833. The standard InChI is InChI=1S/C24H22N4O5S/c1-32-23-20(8-5-9-21(23)28-34(2,30)31)27-24(29)26-19-10-11-22(18-7-4-3-6-17(18)19)33-16-12-14-25-15-13-16/h3-15,28H,1-2H3,(H2,26,27,29). The molecule has 1 heterocycles. The molecule has 0 radical (unpaired) electrons. The third-order valence-electron chi connectivity index (χ3n) is 4.77. The minimum atomic E-state index is -3.53. The number of hydrogen-bond donors (Lipinski definition) is 3. The van der Waals surface area contributed by atoms with Gasteiger partial charge in [-0.25, -0.2) is 13.2 Å². The average Bonchev–Trinajstić information content (AvgIpc) is 2.80. The summed E-state index contributed by atoms with van der Waals surface area (Å²) >= 11 is 0. The molecule has 0 aliphatic carbocycles. The number of nitrogens with zero attached hydrogens (tertiary/aromatic N) is 1. The van der Waals surface area contributed by atoms with Crippen LogP contribution in [0.5, 0.6) is 17.2 Å². The van der Waals surface area contributed by atoms with Gasteiger partial charge in [0.05, 0.1) is 30.4 Å². The summed E-state index contributed by atoms with van der Waals surface area (Å²) < 4.78 is 36.9. The maximum atomic E-state index is 12.8. The highest BCUT2D eigenvalue weighted by Crippen LogP contribution is 2.36. The average molecular weight is 479 g/mol. The lowest BCUT2D eigenvalue weighted by molar-refractivity contribution is 0.262. The van der Waals surface area contributed by atoms with Crippen molar-refractivity contribution in [3.05, 3.63) is 79.1 Å². The van der Waals surface area contributed by atoms with Gasteiger partial charge in [-0.2, -0.15) is 0 Å². The van der Waals surface area contributed by atoms with E-state index in [4.69, 9.17) is 9.47 Å². The summed E-state index contributed by atoms with van der Waals surface area (Å²) in [4.78, 5) is 16.8. The molecule has 1 aromatic heterocycles. The van der Waals surface area contributed by atoms with Crippen LogP contribution >= 0.6 is 0 Å². The summed E-state index contributed by atoms with van der Waals surface area (Å²) in [5, 5.41) is 7.14. The molecule has 10 heteroatoms. The van der Waals surface area contributed by atoms with Crippen LogP contribution in [0.15, 0.2) is 79.1 Å². The molecule has 0 saturated carbocycles. The third kappa shape index (κ3) is 5.36. The number of ether oxygens (including phenoxy) is 2. The van der Waals surface area contributed by atoms with E-state index >= 15 is 0 Å². The zero-order valence-corrected chi connectivity index (χ0v) is 19.2. The minimum Gasteiger partial charge on any atom is -0.492 e. The number of anilines is 3. The van der Waals surface area contributed by atoms with Gasteiger partial charge in [-0.3, -0.25) is 9.71 Å². The number of amides is 2. The number of urea groups is 1. The number of carbonyl (C=O) groups excluding carboxylic acids is 1. The summed E-state index contributed by atoms with van der Waals surface area (Å²) in [5.74, 6) is 1.47. The van der Waals surface area contributed by atoms with Crippen molar-refractivity contribution in [1.82, 2.24) is 4.98 Å². The van der Waals surface area contributed by atoms with E-state index in [1.165, 1.54) is 13.2 Å². The lowest BCUT2D eigenvalue weighted by Gasteiger charge is -2.16. The van der Waals surface area contributed by atoms with Gasteiger partial charge in [0.2, 0.25) is 10.0 Å². The molecule has 174 valence electrons. The van der Waals surface area contributed by atoms with Crippen LogP contribution < -0.4 is 24.8 Å². The normalized spacial score (nSPS) is 11.0. The van der Waals surface area contributed by atoms with Crippen molar-refractivity contribution in [2.75, 3.05) is 28.7 Å². The maximum Gasteiger partial charge on any atom is 0.323 e. The number of fused-ring (bicyclic) bond motifs is 1. The van der Waals surface area contributed by atoms with Gasteiger partial charge in [0.1, 0.15) is 11.5 Å². The topological polar surface area (TPSA) is 119 Å². The Bertz CT molecular complexity index is 1440. The van der Waals surface area contributed by atoms with E-state index in [0.717, 1.165) is 17.0 Å². The number of para-hydroxylation sites is 1. The molecule has 0 spiro atoms. The summed E-state index contributed by atoms with van der Waals surface area (Å²) in [6.07, 6.45) is 4.32. The Hall–Kier alpha value is -4.31. The second-order valence-corrected chi connectivity index (χ2v) is 9.03. The largest absolute Gasteiger partial charge is 0.492 e. The Labute approximate surface area is 196 Å². The summed E-state index contributed by atoms with van der Waals surface area (Å²) in [5.41, 5.74) is 1.08. The zero-order chi connectivity index (χ0) is 24.1. The molecule has 0 unspecified atom stereocenters. The second kappa shape index (κ2) is 9.67. The lowest BCUT2D eigenvalue weighted by Crippen LogP contribution is -2.20. The number of sulfonamides is 1. The first-order chi connectivity index (χ1) is 16.3. The Morgan fingerprint density at radius 1 is 0.824 bits per heavy atom. The molecule has 0 bridgehead atoms. The lowest BCUT2D eigenvalue weighted by atomic mass is 10.1. The van der Waals surface area contributed by atoms with Crippen molar-refractivity contribution in [3.63, 3.8) is 0 Å². The van der Waals surface area contributed by atoms with E-state index in [9.17, 15) is 13.2 Å². The molecule has 0 saturated heterocycles. The van der Waals surface area contributed by atoms with E-state index in [-0.39, 0.29) is 11.4 Å². The van der Waals surface area contributed by atoms with Gasteiger partial charge in [-0.1, -0.05) is 30.3 Å². The first kappa shape index (κ1) is 22.9. The number of benzene rings is 3. The molecule has 0 fully saturated rings. The molecule has 4 rings (SSSR count). The Kier molecular flexibility index (Phi) is 6.51. The van der Waals surface area contributed by atoms with Crippen molar-refractivity contribution in [3.8, 4) is 17.2 Å². The number of carbonyl (C=O) groups is 1. The minimum absolute atomic E-state index is 0.189. The van der Waals surface area contributed by atoms with Gasteiger partial charge >= 0.3 is 6.03 Å². The Morgan fingerprint density at radius 3 is 2.21 bits per heavy atom. The number of rotatable bonds is 7. The first-order valence-electron chi connectivity index (χ1n) is 10.2. The molecule has 0 aliphatic rings. The predicted molar refractivity (Wildman–Crippen MR) is 132 cm³/mol. The quantitative estimate of drug-likeness (QED) is 0.342. The van der Waals surface area contributed by atoms with Gasteiger partial charge in [0.15, 0.2) is 5.75 Å². The van der Waals surface area contributed by atoms with Crippen molar-refractivity contribution in [2.24, 2.45) is 0 Å². The SMILES string of the molecule is COc1c(NC(=O)Nc2ccc(Oc3ccncc3)c3ccccc23)cccc1NS(C)(=O)=O. The third-order valence-corrected chi connectivity index (χ3v) is 5.36. The molecule has 4 aromatic rings. The number of nitrogens with one attached hydrogen (secondary N) is 3. The van der Waals surface area contributed by atoms with E-state index in [1.807, 2.05) is 24.3 Å². The van der Waals surface area contributed by atoms with E-state index in [1.54, 1.807) is 48.8 Å². The van der Waals surface area contributed by atoms with Crippen LogP contribution in [0.1, 0.15) is 0 Å². The zero-order valence-electron chi connectivity index (χ0n) is 18.4. The molecule has 9 nitrogen and oxygen atoms in total. The van der Waals surface area contributed by atoms with Crippen LogP contribution in [-0.2, 0) is 10.0 Å². The molecule has 3 aromatic carbocycles. The van der Waals surface area contributed by atoms with Crippen LogP contribution in [-0.4, -0.2) is 32.8 Å². The van der Waals surface area contributed by atoms with Crippen molar-refractivity contribution < 1.29 is 22.7 Å². The van der Waals surface area contributed by atoms with Gasteiger partial charge < -0.3 is 20.1 Å². The fourth-order valence-corrected chi connectivity index (χ4v) is 3.97. The van der Waals surface area contributed by atoms with Crippen molar-refractivity contribution >= 4 is 43.9 Å². The van der Waals surface area contributed by atoms with Gasteiger partial charge in [0, 0.05) is 23.2 Å². The Morgan fingerprint density at radius 2 is 1.50 bits per heavy atom. The smallest absolute Gasteiger partial charge is 0.323 e. The van der Waals surface area contributed by atoms with E-state index in [0.29, 0.717) is 22.9 Å². The van der Waals surface area contributed by atoms with Gasteiger partial charge in [0.25, 0.3) is 0 Å². The van der Waals surface area contributed by atoms with Crippen molar-refractivity contribution in [1.29, 1.82) is 0 Å². The number of aromatic nitrogens is 1. The number of hydrogen-bond acceptors (Lipinski definition) is 6. The molecule has 2 amide bonds. The van der Waals surface area contributed by atoms with Crippen LogP contribution in [0.25, 0.3) is 10.8 Å². The van der Waals surface area contributed by atoms with Gasteiger partial charge in [-0.05, 0) is 36.4 Å². The van der Waals surface area contributed by atoms with Crippen molar-refractivity contribution in [2.45, 2.75) is 0 Å².